The maximum atomic E-state index is 9.33. The fourth-order valence-corrected chi connectivity index (χ4v) is 0. The summed E-state index contributed by atoms with van der Waals surface area (Å²) in [4.78, 5) is 9.33. The van der Waals surface area contributed by atoms with E-state index in [9.17, 15) is 4.79 Å². The van der Waals surface area contributed by atoms with Gasteiger partial charge in [0, 0.05) is 0 Å². The quantitative estimate of drug-likeness (QED) is 0.323. The van der Waals surface area contributed by atoms with Gasteiger partial charge in [0.1, 0.15) is 0 Å². The van der Waals surface area contributed by atoms with Gasteiger partial charge in [0.05, 0.1) is 0 Å². The van der Waals surface area contributed by atoms with Crippen molar-refractivity contribution in [3.05, 3.63) is 0 Å². The second-order valence-corrected chi connectivity index (χ2v) is 0.677. The highest BCUT2D eigenvalue weighted by Crippen LogP contribution is 1.66. The molecule has 0 unspecified atom stereocenters. The first-order chi connectivity index (χ1) is 2.27. The van der Waals surface area contributed by atoms with E-state index in [1.807, 2.05) is 0 Å². The van der Waals surface area contributed by atoms with Crippen LogP contribution in [0.1, 0.15) is 0 Å². The molecule has 1 nitrogen and oxygen atoms in total. The fraction of sp³-hybridized carbons (Fsp3) is 0. The van der Waals surface area contributed by atoms with Gasteiger partial charge in [-0.1, -0.05) is 11.6 Å². The van der Waals surface area contributed by atoms with Crippen molar-refractivity contribution in [3.8, 4) is 0 Å². The van der Waals surface area contributed by atoms with Crippen molar-refractivity contribution >= 4 is 24.6 Å². The summed E-state index contributed by atoms with van der Waals surface area (Å²) in [5.41, 5.74) is 0. The van der Waals surface area contributed by atoms with Gasteiger partial charge in [0.25, 0.3) is 0 Å². The standard InChI is InChI=1S/CHBClO/c2-1(3)4/h2H/i2D. The van der Waals surface area contributed by atoms with Crippen molar-refractivity contribution in [3.63, 3.8) is 0 Å². The summed E-state index contributed by atoms with van der Waals surface area (Å²) in [5.74, 6) is 0. The molecule has 1 radical (unpaired) electrons. The van der Waals surface area contributed by atoms with Gasteiger partial charge in [-0.15, -0.1) is 0 Å². The van der Waals surface area contributed by atoms with E-state index < -0.39 is 5.14 Å². The Morgan fingerprint density at radius 3 is 2.75 bits per heavy atom. The third-order valence-corrected chi connectivity index (χ3v) is 0. The zero-order valence-corrected chi connectivity index (χ0v) is 2.62. The molecule has 0 saturated heterocycles. The van der Waals surface area contributed by atoms with E-state index in [2.05, 4.69) is 11.6 Å². The average molecular weight is 76.3 g/mol. The highest BCUT2D eigenvalue weighted by molar-refractivity contribution is 6.91. The van der Waals surface area contributed by atoms with Crippen molar-refractivity contribution < 1.29 is 4.79 Å². The van der Waals surface area contributed by atoms with Gasteiger partial charge in [-0.25, -0.2) is 0 Å². The fourth-order valence-electron chi connectivity index (χ4n) is 0. The Balaban J connectivity index is 2.85. The lowest BCUT2D eigenvalue weighted by Gasteiger charge is -1.51. The van der Waals surface area contributed by atoms with Crippen molar-refractivity contribution in [1.82, 2.24) is 0 Å². The zero-order valence-electron chi connectivity index (χ0n) is 2.86. The van der Waals surface area contributed by atoms with E-state index in [0.29, 0.717) is 7.81 Å². The molecule has 3 heteroatoms. The Morgan fingerprint density at radius 1 is 2.50 bits per heavy atom. The molecule has 0 rings (SSSR count). The number of halogens is 1. The van der Waals surface area contributed by atoms with Crippen molar-refractivity contribution in [2.45, 2.75) is 0 Å². The van der Waals surface area contributed by atoms with Gasteiger partial charge in [0.2, 0.25) is 7.81 Å². The van der Waals surface area contributed by atoms with Gasteiger partial charge >= 0.3 is 0 Å². The van der Waals surface area contributed by atoms with Crippen molar-refractivity contribution in [2.24, 2.45) is 0 Å². The third-order valence-electron chi connectivity index (χ3n) is 0. The van der Waals surface area contributed by atoms with Gasteiger partial charge in [-0.2, -0.15) is 0 Å². The molecule has 0 aromatic heterocycles. The predicted molar refractivity (Wildman–Crippen MR) is 18.4 cm³/mol. The van der Waals surface area contributed by atoms with Crippen LogP contribution in [0.3, 0.4) is 0 Å². The lowest BCUT2D eigenvalue weighted by molar-refractivity contribution is 0.275. The van der Waals surface area contributed by atoms with Crippen LogP contribution < -0.4 is 0 Å². The molecule has 0 bridgehead atoms. The van der Waals surface area contributed by atoms with Crippen LogP contribution in [0.15, 0.2) is 0 Å². The second kappa shape index (κ2) is 1.36. The molecule has 0 saturated carbocycles. The molecule has 0 heterocycles. The number of hydrogen-bond acceptors (Lipinski definition) is 1. The zero-order chi connectivity index (χ0) is 4.28. The molecule has 0 amide bonds. The van der Waals surface area contributed by atoms with Gasteiger partial charge in [-0.3, -0.25) is 4.79 Å². The SMILES string of the molecule is [2H][B]C(=O)Cl. The summed E-state index contributed by atoms with van der Waals surface area (Å²) >= 11 is 4.58. The highest BCUT2D eigenvalue weighted by Gasteiger charge is 1.68. The molecule has 0 aliphatic carbocycles. The van der Waals surface area contributed by atoms with Gasteiger partial charge in [0.15, 0.2) is 5.14 Å². The van der Waals surface area contributed by atoms with Crippen LogP contribution in [0.4, 0.5) is 4.79 Å². The molecule has 0 aromatic rings. The summed E-state index contributed by atoms with van der Waals surface area (Å²) in [6, 6.07) is 0. The second-order valence-electron chi connectivity index (χ2n) is 0.304. The Morgan fingerprint density at radius 2 is 2.75 bits per heavy atom. The van der Waals surface area contributed by atoms with Gasteiger partial charge < -0.3 is 0 Å². The minimum atomic E-state index is -0.731. The summed E-state index contributed by atoms with van der Waals surface area (Å²) in [6.45, 7) is 0. The van der Waals surface area contributed by atoms with Crippen LogP contribution in [0.25, 0.3) is 0 Å². The number of rotatable bonds is 1. The summed E-state index contributed by atoms with van der Waals surface area (Å²) in [5, 5.41) is -0.731. The van der Waals surface area contributed by atoms with E-state index in [0.717, 1.165) is 0 Å². The van der Waals surface area contributed by atoms with Crippen LogP contribution in [0, 0.1) is 0 Å². The van der Waals surface area contributed by atoms with E-state index in [1.165, 1.54) is 0 Å². The number of carbonyl (C=O) groups excluding carboxylic acids is 1. The summed E-state index contributed by atoms with van der Waals surface area (Å²) in [6.07, 6.45) is 0. The van der Waals surface area contributed by atoms with E-state index >= 15 is 0 Å². The Hall–Kier alpha value is 0.0249. The molecule has 0 aromatic carbocycles. The van der Waals surface area contributed by atoms with Crippen molar-refractivity contribution in [1.29, 1.82) is 1.34 Å². The maximum Gasteiger partial charge on any atom is 0.203 e. The molecule has 0 spiro atoms. The largest absolute Gasteiger partial charge is 0.295 e. The lowest BCUT2D eigenvalue weighted by Crippen LogP contribution is -1.69. The van der Waals surface area contributed by atoms with E-state index in [4.69, 9.17) is 1.34 Å². The van der Waals surface area contributed by atoms with E-state index in [1.54, 1.807) is 0 Å². The summed E-state index contributed by atoms with van der Waals surface area (Å²) < 4.78 is 6.05. The van der Waals surface area contributed by atoms with E-state index in [-0.39, 0.29) is 0 Å². The lowest BCUT2D eigenvalue weighted by atomic mass is 10.2. The van der Waals surface area contributed by atoms with Crippen molar-refractivity contribution in [2.75, 3.05) is 0 Å². The number of hydrogen-bond donors (Lipinski definition) is 0. The van der Waals surface area contributed by atoms with Crippen LogP contribution in [0.5, 0.6) is 0 Å². The smallest absolute Gasteiger partial charge is 0.203 e. The molecule has 0 atom stereocenters. The first kappa shape index (κ1) is 2.27. The first-order valence-corrected chi connectivity index (χ1v) is 1.06. The topological polar surface area (TPSA) is 17.1 Å². The highest BCUT2D eigenvalue weighted by atomic mass is 35.5. The van der Waals surface area contributed by atoms with Crippen LogP contribution in [-0.4, -0.2) is 14.3 Å². The molecular weight excluding hydrogens is 74.3 g/mol. The molecule has 0 aliphatic rings. The molecule has 0 aliphatic heterocycles. The molecular formula is CHBClO. The van der Waals surface area contributed by atoms with Crippen LogP contribution in [0.2, 0.25) is 0 Å². The molecule has 4 heavy (non-hydrogen) atoms. The van der Waals surface area contributed by atoms with Crippen LogP contribution >= 0.6 is 11.6 Å². The third kappa shape index (κ3) is 3420. The normalized spacial score (nSPS) is 8.75. The monoisotopic (exact) mass is 76.0 g/mol. The maximum absolute atomic E-state index is 9.33. The Bertz CT molecular complexity index is 46.9. The Kier molecular flexibility index (Phi) is 0.770. The average Bonchev–Trinajstić information content (AvgIpc) is 1.38. The molecule has 0 fully saturated rings. The number of carbonyl (C=O) groups is 1. The first-order valence-electron chi connectivity index (χ1n) is 1.26. The Labute approximate surface area is 31.7 Å². The van der Waals surface area contributed by atoms with Gasteiger partial charge in [-0.05, 0) is 1.34 Å². The molecule has 0 N–H and O–H groups in total. The predicted octanol–water partition coefficient (Wildman–Crippen LogP) is 0.246. The minimum absolute atomic E-state index is 0.543. The van der Waals surface area contributed by atoms with Crippen LogP contribution in [-0.2, 0) is 0 Å². The minimum Gasteiger partial charge on any atom is -0.295 e. The molecule has 21 valence electrons. The summed E-state index contributed by atoms with van der Waals surface area (Å²) in [7, 11) is 0.543.